The van der Waals surface area contributed by atoms with Crippen LogP contribution in [0.3, 0.4) is 0 Å². The van der Waals surface area contributed by atoms with E-state index in [9.17, 15) is 4.79 Å². The third kappa shape index (κ3) is 3.50. The second-order valence-electron chi connectivity index (χ2n) is 5.41. The first-order valence-electron chi connectivity index (χ1n) is 7.47. The minimum Gasteiger partial charge on any atom is -0.495 e. The molecule has 0 aromatic heterocycles. The molecule has 2 rings (SSSR count). The molecule has 0 bridgehead atoms. The quantitative estimate of drug-likeness (QED) is 0.908. The highest BCUT2D eigenvalue weighted by Crippen LogP contribution is 2.35. The molecule has 0 spiro atoms. The van der Waals surface area contributed by atoms with E-state index in [1.54, 1.807) is 13.2 Å². The van der Waals surface area contributed by atoms with Crippen molar-refractivity contribution in [3.63, 3.8) is 0 Å². The summed E-state index contributed by atoms with van der Waals surface area (Å²) in [4.78, 5) is 14.5. The number of hydrogen-bond donors (Lipinski definition) is 1. The van der Waals surface area contributed by atoms with Crippen molar-refractivity contribution in [1.82, 2.24) is 5.32 Å². The molecule has 1 saturated heterocycles. The van der Waals surface area contributed by atoms with Crippen LogP contribution < -0.4 is 15.0 Å². The lowest BCUT2D eigenvalue weighted by Crippen LogP contribution is -2.51. The van der Waals surface area contributed by atoms with E-state index in [1.165, 1.54) is 0 Å². The van der Waals surface area contributed by atoms with Crippen molar-refractivity contribution in [1.29, 1.82) is 0 Å². The molecule has 5 heteroatoms. The van der Waals surface area contributed by atoms with Gasteiger partial charge < -0.3 is 15.0 Å². The number of carbonyl (C=O) groups excluding carboxylic acids is 1. The van der Waals surface area contributed by atoms with Gasteiger partial charge in [-0.05, 0) is 44.4 Å². The molecule has 1 N–H and O–H groups in total. The number of nitrogens with one attached hydrogen (secondary N) is 1. The van der Waals surface area contributed by atoms with Crippen LogP contribution in [0.4, 0.5) is 5.69 Å². The van der Waals surface area contributed by atoms with Crippen LogP contribution in [0.2, 0.25) is 5.02 Å². The van der Waals surface area contributed by atoms with Gasteiger partial charge in [0.2, 0.25) is 5.91 Å². The maximum absolute atomic E-state index is 12.7. The summed E-state index contributed by atoms with van der Waals surface area (Å²) in [6, 6.07) is 3.61. The first kappa shape index (κ1) is 16.1. The van der Waals surface area contributed by atoms with Gasteiger partial charge in [-0.1, -0.05) is 18.5 Å². The minimum atomic E-state index is -0.0978. The number of halogens is 1. The monoisotopic (exact) mass is 310 g/mol. The van der Waals surface area contributed by atoms with Gasteiger partial charge in [0.15, 0.2) is 0 Å². The van der Waals surface area contributed by atoms with E-state index in [0.717, 1.165) is 43.6 Å². The number of benzene rings is 1. The standard InChI is InChI=1S/C16H23ClN2O2/c1-4-7-18-13-6-5-8-19(16(13)20)14-9-11(2)12(17)10-15(14)21-3/h9-10,13,18H,4-8H2,1-3H3. The van der Waals surface area contributed by atoms with E-state index in [2.05, 4.69) is 12.2 Å². The summed E-state index contributed by atoms with van der Waals surface area (Å²) in [7, 11) is 1.60. The predicted octanol–water partition coefficient (Wildman–Crippen LogP) is 3.15. The Morgan fingerprint density at radius 3 is 2.90 bits per heavy atom. The third-order valence-corrected chi connectivity index (χ3v) is 4.24. The number of carbonyl (C=O) groups is 1. The summed E-state index contributed by atoms with van der Waals surface area (Å²) in [6.07, 6.45) is 2.90. The fraction of sp³-hybridized carbons (Fsp3) is 0.562. The average molecular weight is 311 g/mol. The predicted molar refractivity (Wildman–Crippen MR) is 86.4 cm³/mol. The van der Waals surface area contributed by atoms with E-state index in [0.29, 0.717) is 10.8 Å². The summed E-state index contributed by atoms with van der Waals surface area (Å²) < 4.78 is 5.40. The molecule has 1 aliphatic rings. The normalized spacial score (nSPS) is 19.0. The molecule has 1 aliphatic heterocycles. The number of nitrogens with zero attached hydrogens (tertiary/aromatic N) is 1. The molecule has 1 amide bonds. The topological polar surface area (TPSA) is 41.6 Å². The Balaban J connectivity index is 2.28. The first-order valence-corrected chi connectivity index (χ1v) is 7.85. The molecule has 0 saturated carbocycles. The maximum Gasteiger partial charge on any atom is 0.244 e. The second-order valence-corrected chi connectivity index (χ2v) is 5.82. The summed E-state index contributed by atoms with van der Waals surface area (Å²) in [6.45, 7) is 5.62. The molecular formula is C16H23ClN2O2. The second kappa shape index (κ2) is 7.14. The molecule has 1 fully saturated rings. The van der Waals surface area contributed by atoms with Gasteiger partial charge in [0.05, 0.1) is 18.8 Å². The van der Waals surface area contributed by atoms with Gasteiger partial charge in [0.1, 0.15) is 5.75 Å². The van der Waals surface area contributed by atoms with Crippen LogP contribution in [0.5, 0.6) is 5.75 Å². The Kier molecular flexibility index (Phi) is 5.48. The highest BCUT2D eigenvalue weighted by molar-refractivity contribution is 6.31. The molecule has 21 heavy (non-hydrogen) atoms. The lowest BCUT2D eigenvalue weighted by atomic mass is 10.0. The fourth-order valence-electron chi connectivity index (χ4n) is 2.64. The summed E-state index contributed by atoms with van der Waals surface area (Å²) in [5.74, 6) is 0.768. The van der Waals surface area contributed by atoms with Gasteiger partial charge in [-0.3, -0.25) is 4.79 Å². The summed E-state index contributed by atoms with van der Waals surface area (Å²) in [5.41, 5.74) is 1.76. The maximum atomic E-state index is 12.7. The summed E-state index contributed by atoms with van der Waals surface area (Å²) in [5, 5.41) is 3.98. The Labute approximate surface area is 131 Å². The van der Waals surface area contributed by atoms with Crippen LogP contribution >= 0.6 is 11.6 Å². The van der Waals surface area contributed by atoms with Crippen LogP contribution in [0.1, 0.15) is 31.7 Å². The number of methoxy groups -OCH3 is 1. The van der Waals surface area contributed by atoms with Crippen LogP contribution in [0.15, 0.2) is 12.1 Å². The summed E-state index contributed by atoms with van der Waals surface area (Å²) >= 11 is 6.14. The highest BCUT2D eigenvalue weighted by atomic mass is 35.5. The first-order chi connectivity index (χ1) is 10.1. The molecule has 1 aromatic carbocycles. The largest absolute Gasteiger partial charge is 0.495 e. The Morgan fingerprint density at radius 2 is 2.24 bits per heavy atom. The van der Waals surface area contributed by atoms with E-state index < -0.39 is 0 Å². The number of rotatable bonds is 5. The molecule has 0 aliphatic carbocycles. The number of hydrogen-bond acceptors (Lipinski definition) is 3. The third-order valence-electron chi connectivity index (χ3n) is 3.83. The molecule has 0 radical (unpaired) electrons. The smallest absolute Gasteiger partial charge is 0.244 e. The van der Waals surface area contributed by atoms with Crippen LogP contribution in [-0.4, -0.2) is 32.1 Å². The zero-order chi connectivity index (χ0) is 15.4. The van der Waals surface area contributed by atoms with Crippen molar-refractivity contribution in [2.24, 2.45) is 0 Å². The fourth-order valence-corrected chi connectivity index (χ4v) is 2.80. The van der Waals surface area contributed by atoms with Crippen molar-refractivity contribution in [3.8, 4) is 5.75 Å². The molecule has 116 valence electrons. The molecular weight excluding hydrogens is 288 g/mol. The zero-order valence-corrected chi connectivity index (χ0v) is 13.7. The van der Waals surface area contributed by atoms with Crippen LogP contribution in [-0.2, 0) is 4.79 Å². The van der Waals surface area contributed by atoms with Crippen molar-refractivity contribution in [3.05, 3.63) is 22.7 Å². The number of amides is 1. The molecule has 4 nitrogen and oxygen atoms in total. The molecule has 1 heterocycles. The van der Waals surface area contributed by atoms with Crippen molar-refractivity contribution in [2.45, 2.75) is 39.2 Å². The van der Waals surface area contributed by atoms with Gasteiger partial charge in [0.25, 0.3) is 0 Å². The van der Waals surface area contributed by atoms with E-state index in [-0.39, 0.29) is 11.9 Å². The molecule has 1 aromatic rings. The number of piperidine rings is 1. The highest BCUT2D eigenvalue weighted by Gasteiger charge is 2.30. The van der Waals surface area contributed by atoms with Crippen LogP contribution in [0.25, 0.3) is 0 Å². The average Bonchev–Trinajstić information content (AvgIpc) is 2.48. The number of ether oxygens (including phenoxy) is 1. The van der Waals surface area contributed by atoms with Gasteiger partial charge in [-0.25, -0.2) is 0 Å². The van der Waals surface area contributed by atoms with Crippen molar-refractivity contribution < 1.29 is 9.53 Å². The molecule has 1 atom stereocenters. The molecule has 1 unspecified atom stereocenters. The van der Waals surface area contributed by atoms with Gasteiger partial charge in [-0.15, -0.1) is 0 Å². The van der Waals surface area contributed by atoms with Crippen molar-refractivity contribution >= 4 is 23.2 Å². The van der Waals surface area contributed by atoms with Gasteiger partial charge in [-0.2, -0.15) is 0 Å². The zero-order valence-electron chi connectivity index (χ0n) is 12.9. The minimum absolute atomic E-state index is 0.0978. The van der Waals surface area contributed by atoms with E-state index in [4.69, 9.17) is 16.3 Å². The number of aryl methyl sites for hydroxylation is 1. The van der Waals surface area contributed by atoms with Crippen molar-refractivity contribution in [2.75, 3.05) is 25.1 Å². The Bertz CT molecular complexity index is 519. The Hall–Kier alpha value is -1.26. The van der Waals surface area contributed by atoms with E-state index in [1.807, 2.05) is 17.9 Å². The van der Waals surface area contributed by atoms with Crippen LogP contribution in [0, 0.1) is 6.92 Å². The lowest BCUT2D eigenvalue weighted by molar-refractivity contribution is -0.121. The van der Waals surface area contributed by atoms with Gasteiger partial charge >= 0.3 is 0 Å². The number of anilines is 1. The van der Waals surface area contributed by atoms with E-state index >= 15 is 0 Å². The SMILES string of the molecule is CCCNC1CCCN(c2cc(C)c(Cl)cc2OC)C1=O. The Morgan fingerprint density at radius 1 is 1.48 bits per heavy atom. The van der Waals surface area contributed by atoms with Gasteiger partial charge in [0, 0.05) is 17.6 Å². The lowest BCUT2D eigenvalue weighted by Gasteiger charge is -2.33.